The molecule has 0 saturated carbocycles. The van der Waals surface area contributed by atoms with Crippen LogP contribution in [0.3, 0.4) is 0 Å². The first-order valence-corrected chi connectivity index (χ1v) is 21.4. The molecule has 4 amide bonds. The molecule has 13 heteroatoms. The number of anilines is 1. The lowest BCUT2D eigenvalue weighted by molar-refractivity contribution is -0.137. The lowest BCUT2D eigenvalue weighted by Gasteiger charge is -2.44. The second-order valence-corrected chi connectivity index (χ2v) is 17.3. The number of amides is 4. The molecule has 310 valence electrons. The van der Waals surface area contributed by atoms with Gasteiger partial charge in [-0.3, -0.25) is 34.2 Å². The van der Waals surface area contributed by atoms with E-state index in [9.17, 15) is 24.0 Å². The van der Waals surface area contributed by atoms with Crippen LogP contribution in [0.5, 0.6) is 5.75 Å². The Balaban J connectivity index is 0.766. The number of piperidine rings is 2. The van der Waals surface area contributed by atoms with Crippen LogP contribution in [0, 0.1) is 6.57 Å². The van der Waals surface area contributed by atoms with E-state index in [-0.39, 0.29) is 36.5 Å². The van der Waals surface area contributed by atoms with Gasteiger partial charge in [0.2, 0.25) is 17.7 Å². The van der Waals surface area contributed by atoms with Gasteiger partial charge in [0.15, 0.2) is 11.5 Å². The van der Waals surface area contributed by atoms with Crippen LogP contribution in [0.4, 0.5) is 11.4 Å². The molecule has 0 radical (unpaired) electrons. The van der Waals surface area contributed by atoms with Crippen LogP contribution in [-0.2, 0) is 32.8 Å². The van der Waals surface area contributed by atoms with E-state index in [0.717, 1.165) is 84.3 Å². The highest BCUT2D eigenvalue weighted by atomic mass is 16.5. The summed E-state index contributed by atoms with van der Waals surface area (Å²) in [4.78, 5) is 80.3. The maximum atomic E-state index is 14.1. The van der Waals surface area contributed by atoms with Crippen molar-refractivity contribution in [3.05, 3.63) is 99.0 Å². The van der Waals surface area contributed by atoms with Gasteiger partial charge in [-0.25, -0.2) is 4.85 Å². The fourth-order valence-electron chi connectivity index (χ4n) is 10.2. The van der Waals surface area contributed by atoms with Gasteiger partial charge in [-0.2, -0.15) is 0 Å². The average molecular weight is 810 g/mol. The minimum Gasteiger partial charge on any atom is -0.493 e. The van der Waals surface area contributed by atoms with Crippen molar-refractivity contribution < 1.29 is 28.7 Å². The number of hydrogen-bond donors (Lipinski definition) is 2. The molecule has 13 nitrogen and oxygen atoms in total. The van der Waals surface area contributed by atoms with Gasteiger partial charge < -0.3 is 24.4 Å². The predicted molar refractivity (Wildman–Crippen MR) is 227 cm³/mol. The number of nitrogens with zero attached hydrogens (tertiary/aromatic N) is 5. The first-order chi connectivity index (χ1) is 29.0. The van der Waals surface area contributed by atoms with Gasteiger partial charge >= 0.3 is 0 Å². The van der Waals surface area contributed by atoms with Crippen LogP contribution in [0.25, 0.3) is 15.7 Å². The van der Waals surface area contributed by atoms with Crippen molar-refractivity contribution in [1.82, 2.24) is 25.0 Å². The van der Waals surface area contributed by atoms with Crippen molar-refractivity contribution in [1.29, 1.82) is 0 Å². The summed E-state index contributed by atoms with van der Waals surface area (Å²) >= 11 is 0. The standard InChI is InChI=1S/C47H51N7O6/c1-5-28-24-33-35(47(2,3)44-42(43(33)57)32-12-11-29(48-4)25-36(32)49-44)26-38(28)52-17-15-30(16-18-52)51-19-21-53(22-20-51)41(56)10-7-23-60-39-9-6-8-31-34(39)27-54(46(31)59)37-13-14-40(55)50-45(37)58/h6,8-9,11-12,24-26,30,37,49H,5,7,10,13-23,27H2,1-3H3,(H,50,55,58). The largest absolute Gasteiger partial charge is 0.493 e. The van der Waals surface area contributed by atoms with Crippen molar-refractivity contribution in [2.24, 2.45) is 0 Å². The summed E-state index contributed by atoms with van der Waals surface area (Å²) in [5.74, 6) is -0.248. The number of benzene rings is 3. The first kappa shape index (κ1) is 39.5. The molecule has 1 unspecified atom stereocenters. The van der Waals surface area contributed by atoms with E-state index in [0.29, 0.717) is 62.0 Å². The Morgan fingerprint density at radius 1 is 0.950 bits per heavy atom. The number of ether oxygens (including phenoxy) is 1. The van der Waals surface area contributed by atoms with E-state index in [1.54, 1.807) is 18.2 Å². The first-order valence-electron chi connectivity index (χ1n) is 21.4. The highest BCUT2D eigenvalue weighted by molar-refractivity contribution is 6.20. The highest BCUT2D eigenvalue weighted by Gasteiger charge is 2.42. The number of hydrogen-bond acceptors (Lipinski definition) is 8. The number of nitrogens with one attached hydrogen (secondary N) is 2. The van der Waals surface area contributed by atoms with Crippen LogP contribution >= 0.6 is 0 Å². The van der Waals surface area contributed by atoms with Crippen LogP contribution < -0.4 is 15.0 Å². The molecule has 1 aromatic heterocycles. The summed E-state index contributed by atoms with van der Waals surface area (Å²) < 4.78 is 6.10. The molecule has 60 heavy (non-hydrogen) atoms. The summed E-state index contributed by atoms with van der Waals surface area (Å²) in [6, 6.07) is 15.0. The molecule has 5 heterocycles. The minimum absolute atomic E-state index is 0.0439. The Hall–Kier alpha value is -6.00. The third-order valence-corrected chi connectivity index (χ3v) is 13.6. The number of aryl methyl sites for hydroxylation is 1. The molecule has 9 rings (SSSR count). The van der Waals surface area contributed by atoms with Gasteiger partial charge in [0.05, 0.1) is 25.3 Å². The number of imide groups is 1. The fourth-order valence-corrected chi connectivity index (χ4v) is 10.2. The molecular formula is C47H51N7O6. The number of aromatic amines is 1. The maximum Gasteiger partial charge on any atom is 0.255 e. The molecule has 2 N–H and O–H groups in total. The molecule has 0 spiro atoms. The quantitative estimate of drug-likeness (QED) is 0.121. The zero-order valence-electron chi connectivity index (χ0n) is 34.6. The van der Waals surface area contributed by atoms with Crippen molar-refractivity contribution in [2.45, 2.75) is 89.8 Å². The zero-order chi connectivity index (χ0) is 41.9. The summed E-state index contributed by atoms with van der Waals surface area (Å²) in [5.41, 5.74) is 8.03. The van der Waals surface area contributed by atoms with Crippen LogP contribution in [-0.4, -0.2) is 107 Å². The second kappa shape index (κ2) is 15.6. The normalized spacial score (nSPS) is 20.5. The average Bonchev–Trinajstić information content (AvgIpc) is 3.82. The Kier molecular flexibility index (Phi) is 10.2. The third-order valence-electron chi connectivity index (χ3n) is 13.6. The minimum atomic E-state index is -0.683. The Morgan fingerprint density at radius 3 is 2.47 bits per heavy atom. The lowest BCUT2D eigenvalue weighted by atomic mass is 9.70. The summed E-state index contributed by atoms with van der Waals surface area (Å²) in [7, 11) is 0. The van der Waals surface area contributed by atoms with E-state index in [1.165, 1.54) is 16.2 Å². The molecular weight excluding hydrogens is 759 g/mol. The smallest absolute Gasteiger partial charge is 0.255 e. The molecule has 3 saturated heterocycles. The second-order valence-electron chi connectivity index (χ2n) is 17.3. The van der Waals surface area contributed by atoms with Crippen molar-refractivity contribution in [3.8, 4) is 5.75 Å². The van der Waals surface area contributed by atoms with Gasteiger partial charge in [-0.05, 0) is 73.6 Å². The Labute approximate surface area is 349 Å². The van der Waals surface area contributed by atoms with E-state index in [1.807, 2.05) is 23.1 Å². The summed E-state index contributed by atoms with van der Waals surface area (Å²) in [5, 5.41) is 3.21. The van der Waals surface area contributed by atoms with Crippen molar-refractivity contribution in [3.63, 3.8) is 0 Å². The number of piperazine rings is 1. The number of ketones is 1. The highest BCUT2D eigenvalue weighted by Crippen LogP contribution is 2.46. The number of H-pyrrole nitrogens is 1. The molecule has 1 atom stereocenters. The number of carbonyl (C=O) groups excluding carboxylic acids is 5. The molecule has 5 aliphatic rings. The lowest BCUT2D eigenvalue weighted by Crippen LogP contribution is -2.54. The van der Waals surface area contributed by atoms with Gasteiger partial charge in [0.25, 0.3) is 5.91 Å². The number of aromatic nitrogens is 1. The topological polar surface area (TPSA) is 140 Å². The maximum absolute atomic E-state index is 14.1. The van der Waals surface area contributed by atoms with E-state index < -0.39 is 17.4 Å². The van der Waals surface area contributed by atoms with Gasteiger partial charge in [-0.15, -0.1) is 0 Å². The molecule has 0 bridgehead atoms. The summed E-state index contributed by atoms with van der Waals surface area (Å²) in [6.45, 7) is 19.5. The van der Waals surface area contributed by atoms with E-state index in [4.69, 9.17) is 11.3 Å². The van der Waals surface area contributed by atoms with Crippen LogP contribution in [0.1, 0.15) is 108 Å². The van der Waals surface area contributed by atoms with Crippen molar-refractivity contribution in [2.75, 3.05) is 50.8 Å². The van der Waals surface area contributed by atoms with Gasteiger partial charge in [0.1, 0.15) is 11.8 Å². The number of rotatable bonds is 9. The van der Waals surface area contributed by atoms with Gasteiger partial charge in [-0.1, -0.05) is 39.0 Å². The number of fused-ring (bicyclic) bond motifs is 5. The monoisotopic (exact) mass is 809 g/mol. The Morgan fingerprint density at radius 2 is 1.73 bits per heavy atom. The summed E-state index contributed by atoms with van der Waals surface area (Å²) in [6.07, 6.45) is 4.32. The SMILES string of the molecule is [C-]#[N+]c1ccc2c3c([nH]c2c1)C(C)(C)c1cc(N2CCC(N4CCN(C(=O)CCCOc5cccc6c5CN(C5CCC(=O)NC5=O)C6=O)CC4)CC2)c(CC)cc1C3=O. The predicted octanol–water partition coefficient (Wildman–Crippen LogP) is 5.88. The third kappa shape index (κ3) is 6.80. The molecule has 4 aromatic rings. The molecule has 3 aromatic carbocycles. The fraction of sp³-hybridized carbons (Fsp3) is 0.447. The number of carbonyl (C=O) groups is 5. The van der Waals surface area contributed by atoms with Crippen molar-refractivity contribution >= 4 is 51.7 Å². The van der Waals surface area contributed by atoms with Gasteiger partial charge in [0, 0.05) is 103 Å². The molecule has 4 aliphatic heterocycles. The Bertz CT molecular complexity index is 2480. The van der Waals surface area contributed by atoms with Crippen LogP contribution in [0.15, 0.2) is 48.5 Å². The molecule has 1 aliphatic carbocycles. The zero-order valence-corrected chi connectivity index (χ0v) is 34.6. The van der Waals surface area contributed by atoms with Crippen LogP contribution in [0.2, 0.25) is 0 Å². The van der Waals surface area contributed by atoms with E-state index in [2.05, 4.69) is 57.8 Å². The molecule has 3 fully saturated rings. The van der Waals surface area contributed by atoms with E-state index >= 15 is 0 Å².